The summed E-state index contributed by atoms with van der Waals surface area (Å²) < 4.78 is 39.6. The van der Waals surface area contributed by atoms with E-state index in [2.05, 4.69) is 15.3 Å². The van der Waals surface area contributed by atoms with Crippen LogP contribution in [0, 0.1) is 24.4 Å². The fourth-order valence-corrected chi connectivity index (χ4v) is 1.85. The summed E-state index contributed by atoms with van der Waals surface area (Å²) in [5.74, 6) is -3.82. The molecule has 1 heterocycles. The topological polar surface area (TPSA) is 37.8 Å². The molecular formula is C15H16F3N3. The SMILES string of the molecule is Cc1cc(CNC(C)C)nc(-c2cc(F)c(F)c(F)c2)n1. The maximum Gasteiger partial charge on any atom is 0.194 e. The quantitative estimate of drug-likeness (QED) is 0.879. The minimum absolute atomic E-state index is 0.112. The Hall–Kier alpha value is -1.95. The Balaban J connectivity index is 2.39. The Morgan fingerprint density at radius 2 is 1.67 bits per heavy atom. The van der Waals surface area contributed by atoms with Crippen molar-refractivity contribution >= 4 is 0 Å². The van der Waals surface area contributed by atoms with Gasteiger partial charge >= 0.3 is 0 Å². The molecule has 0 saturated heterocycles. The molecule has 0 aliphatic heterocycles. The average Bonchev–Trinajstić information content (AvgIpc) is 2.41. The number of nitrogens with zero attached hydrogens (tertiary/aromatic N) is 2. The van der Waals surface area contributed by atoms with Crippen LogP contribution in [-0.4, -0.2) is 16.0 Å². The van der Waals surface area contributed by atoms with E-state index in [1.165, 1.54) is 0 Å². The molecule has 2 aromatic rings. The van der Waals surface area contributed by atoms with Crippen LogP contribution in [0.5, 0.6) is 0 Å². The van der Waals surface area contributed by atoms with Crippen LogP contribution in [0.15, 0.2) is 18.2 Å². The molecule has 0 spiro atoms. The van der Waals surface area contributed by atoms with Crippen LogP contribution in [0.25, 0.3) is 11.4 Å². The third kappa shape index (κ3) is 3.78. The molecule has 0 bridgehead atoms. The van der Waals surface area contributed by atoms with Crippen molar-refractivity contribution in [3.63, 3.8) is 0 Å². The fourth-order valence-electron chi connectivity index (χ4n) is 1.85. The summed E-state index contributed by atoms with van der Waals surface area (Å²) in [4.78, 5) is 8.41. The second-order valence-electron chi connectivity index (χ2n) is 5.11. The summed E-state index contributed by atoms with van der Waals surface area (Å²) in [5, 5.41) is 3.20. The first-order chi connectivity index (χ1) is 9.86. The number of aryl methyl sites for hydroxylation is 1. The number of aromatic nitrogens is 2. The van der Waals surface area contributed by atoms with Gasteiger partial charge in [-0.15, -0.1) is 0 Å². The van der Waals surface area contributed by atoms with Gasteiger partial charge in [0.05, 0.1) is 5.69 Å². The molecule has 0 unspecified atom stereocenters. The fraction of sp³-hybridized carbons (Fsp3) is 0.333. The minimum atomic E-state index is -1.49. The lowest BCUT2D eigenvalue weighted by Crippen LogP contribution is -2.22. The van der Waals surface area contributed by atoms with Gasteiger partial charge in [0.1, 0.15) is 0 Å². The molecule has 112 valence electrons. The zero-order valence-corrected chi connectivity index (χ0v) is 12.0. The highest BCUT2D eigenvalue weighted by molar-refractivity contribution is 5.55. The van der Waals surface area contributed by atoms with Gasteiger partial charge in [-0.25, -0.2) is 23.1 Å². The van der Waals surface area contributed by atoms with Crippen molar-refractivity contribution in [1.29, 1.82) is 0 Å². The third-order valence-electron chi connectivity index (χ3n) is 2.84. The predicted octanol–water partition coefficient (Wildman–Crippen LogP) is 3.37. The zero-order valence-electron chi connectivity index (χ0n) is 12.0. The highest BCUT2D eigenvalue weighted by Gasteiger charge is 2.14. The first-order valence-corrected chi connectivity index (χ1v) is 6.59. The molecule has 2 rings (SSSR count). The summed E-state index contributed by atoms with van der Waals surface area (Å²) in [6.07, 6.45) is 0. The van der Waals surface area contributed by atoms with Crippen molar-refractivity contribution < 1.29 is 13.2 Å². The van der Waals surface area contributed by atoms with Gasteiger partial charge in [-0.2, -0.15) is 0 Å². The molecule has 0 atom stereocenters. The predicted molar refractivity (Wildman–Crippen MR) is 74.1 cm³/mol. The second kappa shape index (κ2) is 6.22. The van der Waals surface area contributed by atoms with Gasteiger partial charge in [0.25, 0.3) is 0 Å². The van der Waals surface area contributed by atoms with E-state index in [0.717, 1.165) is 12.1 Å². The van der Waals surface area contributed by atoms with Crippen LogP contribution >= 0.6 is 0 Å². The van der Waals surface area contributed by atoms with Crippen molar-refractivity contribution in [3.05, 3.63) is 47.0 Å². The monoisotopic (exact) mass is 295 g/mol. The Bertz CT molecular complexity index is 634. The lowest BCUT2D eigenvalue weighted by molar-refractivity contribution is 0.447. The van der Waals surface area contributed by atoms with E-state index in [0.29, 0.717) is 17.9 Å². The Morgan fingerprint density at radius 1 is 1.05 bits per heavy atom. The summed E-state index contributed by atoms with van der Waals surface area (Å²) in [6, 6.07) is 3.86. The molecule has 1 aromatic heterocycles. The number of hydrogen-bond donors (Lipinski definition) is 1. The Morgan fingerprint density at radius 3 is 2.24 bits per heavy atom. The lowest BCUT2D eigenvalue weighted by Gasteiger charge is -2.10. The molecule has 0 aliphatic rings. The van der Waals surface area contributed by atoms with Crippen LogP contribution in [-0.2, 0) is 6.54 Å². The van der Waals surface area contributed by atoms with Crippen molar-refractivity contribution in [1.82, 2.24) is 15.3 Å². The van der Waals surface area contributed by atoms with Crippen molar-refractivity contribution in [2.45, 2.75) is 33.4 Å². The van der Waals surface area contributed by atoms with Gasteiger partial charge in [0.2, 0.25) is 0 Å². The number of halogens is 3. The van der Waals surface area contributed by atoms with E-state index in [-0.39, 0.29) is 17.4 Å². The molecule has 0 aliphatic carbocycles. The van der Waals surface area contributed by atoms with Gasteiger partial charge < -0.3 is 5.32 Å². The molecular weight excluding hydrogens is 279 g/mol. The van der Waals surface area contributed by atoms with E-state index in [1.807, 2.05) is 13.8 Å². The smallest absolute Gasteiger partial charge is 0.194 e. The normalized spacial score (nSPS) is 11.2. The lowest BCUT2D eigenvalue weighted by atomic mass is 10.1. The van der Waals surface area contributed by atoms with E-state index in [4.69, 9.17) is 0 Å². The van der Waals surface area contributed by atoms with Gasteiger partial charge in [0.15, 0.2) is 23.3 Å². The van der Waals surface area contributed by atoms with Crippen LogP contribution in [0.3, 0.4) is 0 Å². The molecule has 21 heavy (non-hydrogen) atoms. The summed E-state index contributed by atoms with van der Waals surface area (Å²) in [5.41, 5.74) is 1.49. The molecule has 1 N–H and O–H groups in total. The maximum absolute atomic E-state index is 13.3. The molecule has 0 amide bonds. The molecule has 0 radical (unpaired) electrons. The Kier molecular flexibility index (Phi) is 4.57. The number of hydrogen-bond acceptors (Lipinski definition) is 3. The molecule has 1 aromatic carbocycles. The van der Waals surface area contributed by atoms with Crippen molar-refractivity contribution in [3.8, 4) is 11.4 Å². The van der Waals surface area contributed by atoms with E-state index >= 15 is 0 Å². The Labute approximate surface area is 121 Å². The van der Waals surface area contributed by atoms with Crippen LogP contribution in [0.2, 0.25) is 0 Å². The number of benzene rings is 1. The standard InChI is InChI=1S/C15H16F3N3/c1-8(2)19-7-11-4-9(3)20-15(21-11)10-5-12(16)14(18)13(17)6-10/h4-6,8,19H,7H2,1-3H3. The van der Waals surface area contributed by atoms with Crippen LogP contribution in [0.1, 0.15) is 25.2 Å². The first-order valence-electron chi connectivity index (χ1n) is 6.59. The molecule has 6 heteroatoms. The highest BCUT2D eigenvalue weighted by atomic mass is 19.2. The minimum Gasteiger partial charge on any atom is -0.309 e. The third-order valence-corrected chi connectivity index (χ3v) is 2.84. The number of nitrogens with one attached hydrogen (secondary N) is 1. The largest absolute Gasteiger partial charge is 0.309 e. The van der Waals surface area contributed by atoms with E-state index < -0.39 is 17.5 Å². The summed E-state index contributed by atoms with van der Waals surface area (Å²) >= 11 is 0. The van der Waals surface area contributed by atoms with Crippen molar-refractivity contribution in [2.24, 2.45) is 0 Å². The maximum atomic E-state index is 13.3. The van der Waals surface area contributed by atoms with Gasteiger partial charge in [-0.05, 0) is 25.1 Å². The van der Waals surface area contributed by atoms with Gasteiger partial charge in [-0.3, -0.25) is 0 Å². The van der Waals surface area contributed by atoms with Crippen molar-refractivity contribution in [2.75, 3.05) is 0 Å². The summed E-state index contributed by atoms with van der Waals surface area (Å²) in [6.45, 7) is 6.28. The first kappa shape index (κ1) is 15.4. The van der Waals surface area contributed by atoms with E-state index in [1.54, 1.807) is 13.0 Å². The van der Waals surface area contributed by atoms with Gasteiger partial charge in [-0.1, -0.05) is 13.8 Å². The summed E-state index contributed by atoms with van der Waals surface area (Å²) in [7, 11) is 0. The van der Waals surface area contributed by atoms with Gasteiger partial charge in [0, 0.05) is 23.8 Å². The highest BCUT2D eigenvalue weighted by Crippen LogP contribution is 2.21. The van der Waals surface area contributed by atoms with Crippen LogP contribution < -0.4 is 5.32 Å². The second-order valence-corrected chi connectivity index (χ2v) is 5.11. The van der Waals surface area contributed by atoms with Crippen LogP contribution in [0.4, 0.5) is 13.2 Å². The zero-order chi connectivity index (χ0) is 15.6. The molecule has 0 saturated carbocycles. The molecule has 0 fully saturated rings. The van der Waals surface area contributed by atoms with E-state index in [9.17, 15) is 13.2 Å². The number of rotatable bonds is 4. The average molecular weight is 295 g/mol. The molecule has 3 nitrogen and oxygen atoms in total.